The number of ether oxygens (including phenoxy) is 1. The van der Waals surface area contributed by atoms with Crippen LogP contribution >= 0.6 is 0 Å². The van der Waals surface area contributed by atoms with Gasteiger partial charge in [-0.2, -0.15) is 0 Å². The molecular formula is C27H32N2O4. The smallest absolute Gasteiger partial charge is 0.306 e. The molecule has 5 aliphatic carbocycles. The zero-order valence-electron chi connectivity index (χ0n) is 19.3. The fourth-order valence-electron chi connectivity index (χ4n) is 7.44. The molecule has 1 aromatic carbocycles. The summed E-state index contributed by atoms with van der Waals surface area (Å²) >= 11 is 0. The number of fused-ring (bicyclic) bond motifs is 1. The van der Waals surface area contributed by atoms with Crippen LogP contribution in [0.5, 0.6) is 0 Å². The monoisotopic (exact) mass is 448 g/mol. The van der Waals surface area contributed by atoms with Crippen LogP contribution in [0.3, 0.4) is 0 Å². The van der Waals surface area contributed by atoms with Gasteiger partial charge in [-0.1, -0.05) is 12.1 Å². The summed E-state index contributed by atoms with van der Waals surface area (Å²) in [5, 5.41) is 0.616. The molecule has 33 heavy (non-hydrogen) atoms. The van der Waals surface area contributed by atoms with Crippen molar-refractivity contribution in [3.63, 3.8) is 0 Å². The SMILES string of the molecule is C[C@H](OC(=O)CCc1nc2ccccc2c(=O)n1C1CC1)C(=O)C12CC3CC(CC(C3)C1)C2. The van der Waals surface area contributed by atoms with Gasteiger partial charge in [-0.15, -0.1) is 0 Å². The second-order valence-electron chi connectivity index (χ2n) is 11.1. The highest BCUT2D eigenvalue weighted by molar-refractivity contribution is 5.90. The lowest BCUT2D eigenvalue weighted by Gasteiger charge is -2.56. The Labute approximate surface area is 193 Å². The van der Waals surface area contributed by atoms with Crippen molar-refractivity contribution in [1.29, 1.82) is 0 Å². The molecule has 1 heterocycles. The predicted molar refractivity (Wildman–Crippen MR) is 124 cm³/mol. The zero-order valence-corrected chi connectivity index (χ0v) is 19.3. The van der Waals surface area contributed by atoms with Crippen LogP contribution in [0.4, 0.5) is 0 Å². The van der Waals surface area contributed by atoms with Gasteiger partial charge in [-0.25, -0.2) is 4.98 Å². The van der Waals surface area contributed by atoms with Gasteiger partial charge in [0.15, 0.2) is 11.9 Å². The molecule has 5 aliphatic rings. The number of hydrogen-bond donors (Lipinski definition) is 0. The van der Waals surface area contributed by atoms with E-state index in [0.29, 0.717) is 40.9 Å². The highest BCUT2D eigenvalue weighted by Crippen LogP contribution is 2.60. The van der Waals surface area contributed by atoms with E-state index in [2.05, 4.69) is 0 Å². The van der Waals surface area contributed by atoms with Crippen LogP contribution in [0.1, 0.15) is 76.6 Å². The molecular weight excluding hydrogens is 416 g/mol. The van der Waals surface area contributed by atoms with Crippen LogP contribution in [-0.2, 0) is 20.7 Å². The maximum Gasteiger partial charge on any atom is 0.306 e. The first-order valence-corrected chi connectivity index (χ1v) is 12.7. The molecule has 5 saturated carbocycles. The Kier molecular flexibility index (Phi) is 4.96. The number of ketones is 1. The summed E-state index contributed by atoms with van der Waals surface area (Å²) in [7, 11) is 0. The fraction of sp³-hybridized carbons (Fsp3) is 0.630. The summed E-state index contributed by atoms with van der Waals surface area (Å²) in [6.45, 7) is 1.74. The Bertz CT molecular complexity index is 1140. The predicted octanol–water partition coefficient (Wildman–Crippen LogP) is 4.38. The van der Waals surface area contributed by atoms with E-state index < -0.39 is 6.10 Å². The van der Waals surface area contributed by atoms with Crippen molar-refractivity contribution in [3.05, 3.63) is 40.4 Å². The van der Waals surface area contributed by atoms with E-state index in [4.69, 9.17) is 9.72 Å². The van der Waals surface area contributed by atoms with Gasteiger partial charge < -0.3 is 4.74 Å². The Morgan fingerprint density at radius 3 is 2.36 bits per heavy atom. The molecule has 7 rings (SSSR count). The van der Waals surface area contributed by atoms with Crippen molar-refractivity contribution in [2.45, 2.75) is 83.3 Å². The number of benzene rings is 1. The minimum atomic E-state index is -0.705. The standard InChI is InChI=1S/C27H32N2O4/c1-16(25(31)27-13-17-10-18(14-27)12-19(11-17)15-27)33-24(30)9-8-23-28-22-5-3-2-4-21(22)26(32)29(23)20-6-7-20/h2-5,16-20H,6-15H2,1H3/t16-,17?,18?,19?,27?/m0/s1. The van der Waals surface area contributed by atoms with Gasteiger partial charge in [0.05, 0.1) is 17.3 Å². The molecule has 0 spiro atoms. The number of para-hydroxylation sites is 1. The maximum atomic E-state index is 13.4. The van der Waals surface area contributed by atoms with Crippen molar-refractivity contribution < 1.29 is 14.3 Å². The average Bonchev–Trinajstić information content (AvgIpc) is 3.61. The van der Waals surface area contributed by atoms with E-state index in [1.807, 2.05) is 18.2 Å². The summed E-state index contributed by atoms with van der Waals surface area (Å²) in [5.74, 6) is 2.43. The number of Topliss-reactive ketones (excluding diaryl/α,β-unsaturated/α-hetero) is 1. The lowest BCUT2D eigenvalue weighted by Crippen LogP contribution is -2.52. The molecule has 1 atom stereocenters. The van der Waals surface area contributed by atoms with Crippen molar-refractivity contribution in [2.24, 2.45) is 23.2 Å². The highest BCUT2D eigenvalue weighted by atomic mass is 16.5. The van der Waals surface area contributed by atoms with Gasteiger partial charge in [0, 0.05) is 17.9 Å². The number of nitrogens with zero attached hydrogens (tertiary/aromatic N) is 2. The quantitative estimate of drug-likeness (QED) is 0.588. The van der Waals surface area contributed by atoms with Crippen LogP contribution in [-0.4, -0.2) is 27.4 Å². The molecule has 0 N–H and O–H groups in total. The highest BCUT2D eigenvalue weighted by Gasteiger charge is 2.55. The second kappa shape index (κ2) is 7.78. The van der Waals surface area contributed by atoms with E-state index in [-0.39, 0.29) is 35.2 Å². The topological polar surface area (TPSA) is 78.3 Å². The normalized spacial score (nSPS) is 31.0. The fourth-order valence-corrected chi connectivity index (χ4v) is 7.44. The van der Waals surface area contributed by atoms with E-state index in [1.165, 1.54) is 19.3 Å². The van der Waals surface area contributed by atoms with E-state index in [9.17, 15) is 14.4 Å². The van der Waals surface area contributed by atoms with Crippen molar-refractivity contribution >= 4 is 22.7 Å². The molecule has 2 aromatic rings. The number of hydrogen-bond acceptors (Lipinski definition) is 5. The second-order valence-corrected chi connectivity index (χ2v) is 11.1. The third-order valence-electron chi connectivity index (χ3n) is 8.58. The molecule has 0 radical (unpaired) electrons. The molecule has 0 saturated heterocycles. The Morgan fingerprint density at radius 2 is 1.73 bits per heavy atom. The molecule has 174 valence electrons. The van der Waals surface area contributed by atoms with Crippen LogP contribution < -0.4 is 5.56 Å². The minimum absolute atomic E-state index is 0.0307. The summed E-state index contributed by atoms with van der Waals surface area (Å²) < 4.78 is 7.42. The third kappa shape index (κ3) is 3.71. The lowest BCUT2D eigenvalue weighted by molar-refractivity contribution is -0.165. The summed E-state index contributed by atoms with van der Waals surface area (Å²) in [6.07, 6.45) is 8.47. The molecule has 4 bridgehead atoms. The molecule has 0 amide bonds. The average molecular weight is 449 g/mol. The lowest BCUT2D eigenvalue weighted by atomic mass is 9.48. The van der Waals surface area contributed by atoms with Gasteiger partial charge in [0.25, 0.3) is 5.56 Å². The number of rotatable bonds is 7. The Balaban J connectivity index is 1.14. The van der Waals surface area contributed by atoms with E-state index in [1.54, 1.807) is 17.6 Å². The first-order valence-electron chi connectivity index (χ1n) is 12.7. The van der Waals surface area contributed by atoms with E-state index in [0.717, 1.165) is 32.1 Å². The largest absolute Gasteiger partial charge is 0.455 e. The molecule has 1 aromatic heterocycles. The van der Waals surface area contributed by atoms with Gasteiger partial charge >= 0.3 is 5.97 Å². The number of carbonyl (C=O) groups is 2. The summed E-state index contributed by atoms with van der Waals surface area (Å²) in [5.41, 5.74) is 0.366. The van der Waals surface area contributed by atoms with Gasteiger partial charge in [-0.05, 0) is 88.2 Å². The minimum Gasteiger partial charge on any atom is -0.455 e. The van der Waals surface area contributed by atoms with Gasteiger partial charge in [0.1, 0.15) is 5.82 Å². The molecule has 6 heteroatoms. The number of carbonyl (C=O) groups excluding carboxylic acids is 2. The molecule has 0 aliphatic heterocycles. The zero-order chi connectivity index (χ0) is 22.7. The summed E-state index contributed by atoms with van der Waals surface area (Å²) in [6, 6.07) is 7.53. The first kappa shape index (κ1) is 21.1. The van der Waals surface area contributed by atoms with Crippen molar-refractivity contribution in [3.8, 4) is 0 Å². The maximum absolute atomic E-state index is 13.4. The van der Waals surface area contributed by atoms with Crippen LogP contribution in [0, 0.1) is 23.2 Å². The molecule has 6 nitrogen and oxygen atoms in total. The van der Waals surface area contributed by atoms with Crippen molar-refractivity contribution in [1.82, 2.24) is 9.55 Å². The third-order valence-corrected chi connectivity index (χ3v) is 8.58. The van der Waals surface area contributed by atoms with Crippen LogP contribution in [0.2, 0.25) is 0 Å². The van der Waals surface area contributed by atoms with Gasteiger partial charge in [0.2, 0.25) is 0 Å². The first-order chi connectivity index (χ1) is 15.9. The van der Waals surface area contributed by atoms with E-state index >= 15 is 0 Å². The van der Waals surface area contributed by atoms with Crippen LogP contribution in [0.15, 0.2) is 29.1 Å². The molecule has 5 fully saturated rings. The number of aromatic nitrogens is 2. The number of esters is 1. The Hall–Kier alpha value is -2.50. The number of aryl methyl sites for hydroxylation is 1. The summed E-state index contributed by atoms with van der Waals surface area (Å²) in [4.78, 5) is 43.8. The van der Waals surface area contributed by atoms with Crippen LogP contribution in [0.25, 0.3) is 10.9 Å². The molecule has 0 unspecified atom stereocenters. The van der Waals surface area contributed by atoms with Gasteiger partial charge in [-0.3, -0.25) is 19.0 Å². The Morgan fingerprint density at radius 1 is 1.09 bits per heavy atom. The van der Waals surface area contributed by atoms with Crippen molar-refractivity contribution in [2.75, 3.05) is 0 Å².